The van der Waals surface area contributed by atoms with Crippen molar-refractivity contribution in [2.75, 3.05) is 20.8 Å². The molecule has 1 unspecified atom stereocenters. The van der Waals surface area contributed by atoms with Gasteiger partial charge in [-0.1, -0.05) is 12.1 Å². The molecule has 1 atom stereocenters. The molecular weight excluding hydrogens is 300 g/mol. The molecule has 1 heterocycles. The summed E-state index contributed by atoms with van der Waals surface area (Å²) >= 11 is 1.60. The topological polar surface area (TPSA) is 73.6 Å². The van der Waals surface area contributed by atoms with Gasteiger partial charge in [-0.15, -0.1) is 11.3 Å². The van der Waals surface area contributed by atoms with Crippen molar-refractivity contribution in [1.82, 2.24) is 5.32 Å². The lowest BCUT2D eigenvalue weighted by Crippen LogP contribution is -2.43. The molecule has 0 saturated carbocycles. The molecule has 1 aromatic heterocycles. The molecule has 0 aliphatic heterocycles. The molecule has 0 saturated heterocycles. The Bertz CT molecular complexity index is 610. The Balaban J connectivity index is 1.95. The van der Waals surface area contributed by atoms with Gasteiger partial charge in [0.05, 0.1) is 20.3 Å². The summed E-state index contributed by atoms with van der Waals surface area (Å²) in [4.78, 5) is 12.8. The maximum Gasteiger partial charge on any atom is 0.239 e. The average Bonchev–Trinajstić information content (AvgIpc) is 3.02. The van der Waals surface area contributed by atoms with Gasteiger partial charge in [0.1, 0.15) is 11.8 Å². The summed E-state index contributed by atoms with van der Waals surface area (Å²) in [5.41, 5.74) is 7.91. The van der Waals surface area contributed by atoms with E-state index in [0.717, 1.165) is 21.8 Å². The number of nitrogens with one attached hydrogen (secondary N) is 1. The van der Waals surface area contributed by atoms with Crippen molar-refractivity contribution in [3.05, 3.63) is 40.6 Å². The fraction of sp³-hybridized carbons (Fsp3) is 0.312. The van der Waals surface area contributed by atoms with Crippen LogP contribution in [0.1, 0.15) is 4.88 Å². The molecule has 0 aliphatic rings. The van der Waals surface area contributed by atoms with Crippen LogP contribution >= 0.6 is 11.3 Å². The summed E-state index contributed by atoms with van der Waals surface area (Å²) in [7, 11) is 3.17. The normalized spacial score (nSPS) is 12.0. The molecule has 2 aromatic rings. The van der Waals surface area contributed by atoms with Gasteiger partial charge in [0.25, 0.3) is 0 Å². The highest BCUT2D eigenvalue weighted by molar-refractivity contribution is 7.10. The number of ether oxygens (including phenoxy) is 2. The van der Waals surface area contributed by atoms with Crippen LogP contribution in [-0.2, 0) is 16.1 Å². The van der Waals surface area contributed by atoms with Gasteiger partial charge >= 0.3 is 0 Å². The highest BCUT2D eigenvalue weighted by Gasteiger charge is 2.12. The minimum Gasteiger partial charge on any atom is -0.497 e. The van der Waals surface area contributed by atoms with E-state index in [0.29, 0.717) is 6.54 Å². The standard InChI is InChI=1S/C16H20N2O3S/c1-20-9-15(17)16(19)18-8-14-7-12(10-22-14)11-3-5-13(21-2)6-4-11/h3-7,10,15H,8-9,17H2,1-2H3,(H,18,19). The first-order chi connectivity index (χ1) is 10.6. The zero-order chi connectivity index (χ0) is 15.9. The Morgan fingerprint density at radius 3 is 2.64 bits per heavy atom. The molecule has 22 heavy (non-hydrogen) atoms. The second-order valence-electron chi connectivity index (χ2n) is 4.81. The number of carbonyl (C=O) groups excluding carboxylic acids is 1. The number of hydrogen-bond acceptors (Lipinski definition) is 5. The first-order valence-electron chi connectivity index (χ1n) is 6.88. The second kappa shape index (κ2) is 7.93. The predicted molar refractivity (Wildman–Crippen MR) is 88.0 cm³/mol. The maximum atomic E-state index is 11.7. The smallest absolute Gasteiger partial charge is 0.239 e. The maximum absolute atomic E-state index is 11.7. The average molecular weight is 320 g/mol. The number of nitrogens with two attached hydrogens (primary N) is 1. The van der Waals surface area contributed by atoms with Crippen LogP contribution in [0.2, 0.25) is 0 Å². The van der Waals surface area contributed by atoms with Crippen molar-refractivity contribution in [3.8, 4) is 16.9 Å². The van der Waals surface area contributed by atoms with Crippen molar-refractivity contribution < 1.29 is 14.3 Å². The zero-order valence-electron chi connectivity index (χ0n) is 12.7. The van der Waals surface area contributed by atoms with E-state index in [1.807, 2.05) is 24.3 Å². The highest BCUT2D eigenvalue weighted by Crippen LogP contribution is 2.27. The molecule has 2 rings (SSSR count). The van der Waals surface area contributed by atoms with Gasteiger partial charge in [0, 0.05) is 12.0 Å². The Labute approximate surface area is 134 Å². The number of methoxy groups -OCH3 is 2. The van der Waals surface area contributed by atoms with Crippen LogP contribution < -0.4 is 15.8 Å². The zero-order valence-corrected chi connectivity index (χ0v) is 13.5. The van der Waals surface area contributed by atoms with Gasteiger partial charge in [-0.05, 0) is 34.7 Å². The number of benzene rings is 1. The van der Waals surface area contributed by atoms with Crippen LogP contribution in [-0.4, -0.2) is 32.8 Å². The van der Waals surface area contributed by atoms with Gasteiger partial charge in [-0.2, -0.15) is 0 Å². The van der Waals surface area contributed by atoms with E-state index in [-0.39, 0.29) is 12.5 Å². The van der Waals surface area contributed by atoms with E-state index in [1.54, 1.807) is 18.4 Å². The van der Waals surface area contributed by atoms with Crippen LogP contribution in [0.3, 0.4) is 0 Å². The Kier molecular flexibility index (Phi) is 5.94. The lowest BCUT2D eigenvalue weighted by atomic mass is 10.1. The largest absolute Gasteiger partial charge is 0.497 e. The second-order valence-corrected chi connectivity index (χ2v) is 5.81. The Hall–Kier alpha value is -1.89. The third kappa shape index (κ3) is 4.30. The summed E-state index contributed by atoms with van der Waals surface area (Å²) < 4.78 is 10.0. The van der Waals surface area contributed by atoms with E-state index in [2.05, 4.69) is 16.8 Å². The van der Waals surface area contributed by atoms with Gasteiger partial charge in [-0.3, -0.25) is 4.79 Å². The molecule has 1 amide bonds. The van der Waals surface area contributed by atoms with E-state index < -0.39 is 6.04 Å². The molecule has 118 valence electrons. The predicted octanol–water partition coefficient (Wildman–Crippen LogP) is 2.01. The SMILES string of the molecule is COCC(N)C(=O)NCc1cc(-c2ccc(OC)cc2)cs1. The summed E-state index contributed by atoms with van der Waals surface area (Å²) in [6.45, 7) is 0.685. The molecule has 1 aromatic carbocycles. The summed E-state index contributed by atoms with van der Waals surface area (Å²) in [5.74, 6) is 0.625. The lowest BCUT2D eigenvalue weighted by Gasteiger charge is -2.10. The summed E-state index contributed by atoms with van der Waals surface area (Å²) in [6.07, 6.45) is 0. The van der Waals surface area contributed by atoms with E-state index in [9.17, 15) is 4.79 Å². The first kappa shape index (κ1) is 16.5. The minimum absolute atomic E-state index is 0.207. The van der Waals surface area contributed by atoms with Crippen LogP contribution in [0.15, 0.2) is 35.7 Å². The quantitative estimate of drug-likeness (QED) is 0.818. The number of carbonyl (C=O) groups is 1. The molecule has 0 aliphatic carbocycles. The lowest BCUT2D eigenvalue weighted by molar-refractivity contribution is -0.123. The number of amides is 1. The van der Waals surface area contributed by atoms with Crippen molar-refractivity contribution >= 4 is 17.2 Å². The molecular formula is C16H20N2O3S. The van der Waals surface area contributed by atoms with Crippen LogP contribution in [0.4, 0.5) is 0 Å². The van der Waals surface area contributed by atoms with E-state index in [4.69, 9.17) is 15.2 Å². The highest BCUT2D eigenvalue weighted by atomic mass is 32.1. The fourth-order valence-corrected chi connectivity index (χ4v) is 2.80. The molecule has 0 fully saturated rings. The molecule has 5 nitrogen and oxygen atoms in total. The summed E-state index contributed by atoms with van der Waals surface area (Å²) in [6, 6.07) is 9.31. The third-order valence-corrected chi connectivity index (χ3v) is 4.13. The van der Waals surface area contributed by atoms with Crippen molar-refractivity contribution in [2.45, 2.75) is 12.6 Å². The third-order valence-electron chi connectivity index (χ3n) is 3.20. The summed E-state index contributed by atoms with van der Waals surface area (Å²) in [5, 5.41) is 4.88. The Morgan fingerprint density at radius 2 is 2.00 bits per heavy atom. The van der Waals surface area contributed by atoms with Crippen molar-refractivity contribution in [3.63, 3.8) is 0 Å². The fourth-order valence-electron chi connectivity index (χ4n) is 1.97. The van der Waals surface area contributed by atoms with E-state index >= 15 is 0 Å². The van der Waals surface area contributed by atoms with Crippen molar-refractivity contribution in [1.29, 1.82) is 0 Å². The molecule has 3 N–H and O–H groups in total. The van der Waals surface area contributed by atoms with Gasteiger partial charge in [-0.25, -0.2) is 0 Å². The number of rotatable bonds is 7. The molecule has 6 heteroatoms. The van der Waals surface area contributed by atoms with E-state index in [1.165, 1.54) is 7.11 Å². The van der Waals surface area contributed by atoms with Crippen molar-refractivity contribution in [2.24, 2.45) is 5.73 Å². The monoisotopic (exact) mass is 320 g/mol. The minimum atomic E-state index is -0.633. The van der Waals surface area contributed by atoms with Gasteiger partial charge in [0.2, 0.25) is 5.91 Å². The van der Waals surface area contributed by atoms with Crippen LogP contribution in [0.25, 0.3) is 11.1 Å². The Morgan fingerprint density at radius 1 is 1.27 bits per heavy atom. The number of thiophene rings is 1. The molecule has 0 radical (unpaired) electrons. The number of hydrogen-bond donors (Lipinski definition) is 2. The van der Waals surface area contributed by atoms with Crippen LogP contribution in [0.5, 0.6) is 5.75 Å². The van der Waals surface area contributed by atoms with Gasteiger partial charge < -0.3 is 20.5 Å². The van der Waals surface area contributed by atoms with Gasteiger partial charge in [0.15, 0.2) is 0 Å². The van der Waals surface area contributed by atoms with Crippen LogP contribution in [0, 0.1) is 0 Å². The molecule has 0 bridgehead atoms. The molecule has 0 spiro atoms. The first-order valence-corrected chi connectivity index (χ1v) is 7.76.